The number of ether oxygens (including phenoxy) is 1. The van der Waals surface area contributed by atoms with Crippen LogP contribution in [0.4, 0.5) is 5.69 Å². The smallest absolute Gasteiger partial charge is 0.545 e. The van der Waals surface area contributed by atoms with Gasteiger partial charge in [0.15, 0.2) is 0 Å². The molecule has 7 nitrogen and oxygen atoms in total. The second-order valence-corrected chi connectivity index (χ2v) is 2.96. The van der Waals surface area contributed by atoms with E-state index in [0.29, 0.717) is 0 Å². The maximum atomic E-state index is 11.4. The summed E-state index contributed by atoms with van der Waals surface area (Å²) < 4.78 is 4.60. The molecule has 0 aliphatic carbocycles. The SMILES string of the molecule is CCOC(=O)c1cccc([N+](=O)[O-])c1C(=O)[O-].[Na+]. The summed E-state index contributed by atoms with van der Waals surface area (Å²) >= 11 is 0. The van der Waals surface area contributed by atoms with Crippen molar-refractivity contribution in [1.29, 1.82) is 0 Å². The number of nitro groups is 1. The van der Waals surface area contributed by atoms with Gasteiger partial charge in [0, 0.05) is 6.07 Å². The number of rotatable bonds is 4. The van der Waals surface area contributed by atoms with E-state index in [2.05, 4.69) is 4.74 Å². The monoisotopic (exact) mass is 261 g/mol. The van der Waals surface area contributed by atoms with Crippen molar-refractivity contribution in [3.63, 3.8) is 0 Å². The topological polar surface area (TPSA) is 110 Å². The Balaban J connectivity index is 0.00000289. The molecule has 0 unspecified atom stereocenters. The first-order chi connectivity index (χ1) is 7.99. The van der Waals surface area contributed by atoms with E-state index in [-0.39, 0.29) is 41.7 Å². The molecular weight excluding hydrogens is 253 g/mol. The Hall–Kier alpha value is -1.44. The molecule has 0 aliphatic rings. The van der Waals surface area contributed by atoms with E-state index in [0.717, 1.165) is 12.1 Å². The Labute approximate surface area is 124 Å². The second-order valence-electron chi connectivity index (χ2n) is 2.96. The molecule has 90 valence electrons. The van der Waals surface area contributed by atoms with Crippen LogP contribution in [-0.4, -0.2) is 23.5 Å². The minimum absolute atomic E-state index is 0. The molecule has 18 heavy (non-hydrogen) atoms. The Morgan fingerprint density at radius 2 is 2.00 bits per heavy atom. The first kappa shape index (κ1) is 16.6. The molecule has 0 radical (unpaired) electrons. The summed E-state index contributed by atoms with van der Waals surface area (Å²) in [6, 6.07) is 3.32. The summed E-state index contributed by atoms with van der Waals surface area (Å²) in [6.45, 7) is 1.57. The number of nitro benzene ring substituents is 1. The fraction of sp³-hybridized carbons (Fsp3) is 0.200. The van der Waals surface area contributed by atoms with Crippen molar-refractivity contribution in [1.82, 2.24) is 0 Å². The molecule has 0 N–H and O–H groups in total. The summed E-state index contributed by atoms with van der Waals surface area (Å²) in [7, 11) is 0. The first-order valence-corrected chi connectivity index (χ1v) is 4.65. The van der Waals surface area contributed by atoms with Crippen LogP contribution in [0.5, 0.6) is 0 Å². The molecule has 0 bridgehead atoms. The third kappa shape index (κ3) is 3.52. The molecule has 0 saturated carbocycles. The van der Waals surface area contributed by atoms with Gasteiger partial charge in [-0.15, -0.1) is 0 Å². The molecule has 1 rings (SSSR count). The molecule has 1 aromatic carbocycles. The zero-order chi connectivity index (χ0) is 13.0. The Bertz CT molecular complexity index is 487. The molecular formula is C10H8NNaO6. The summed E-state index contributed by atoms with van der Waals surface area (Å²) in [5, 5.41) is 21.5. The Morgan fingerprint density at radius 3 is 2.44 bits per heavy atom. The van der Waals surface area contributed by atoms with Crippen molar-refractivity contribution in [2.45, 2.75) is 6.92 Å². The summed E-state index contributed by atoms with van der Waals surface area (Å²) in [4.78, 5) is 32.0. The Kier molecular flexibility index (Phi) is 6.53. The maximum Gasteiger partial charge on any atom is 1.00 e. The van der Waals surface area contributed by atoms with Gasteiger partial charge in [0.25, 0.3) is 5.69 Å². The van der Waals surface area contributed by atoms with E-state index in [9.17, 15) is 24.8 Å². The molecule has 0 amide bonds. The van der Waals surface area contributed by atoms with E-state index in [1.54, 1.807) is 0 Å². The number of benzene rings is 1. The molecule has 8 heteroatoms. The van der Waals surface area contributed by atoms with E-state index in [1.165, 1.54) is 13.0 Å². The molecule has 0 heterocycles. The molecule has 0 aromatic heterocycles. The predicted octanol–water partition coefficient (Wildman–Crippen LogP) is -2.86. The van der Waals surface area contributed by atoms with Gasteiger partial charge in [0.1, 0.15) is 0 Å². The third-order valence-corrected chi connectivity index (χ3v) is 1.94. The number of aromatic carboxylic acids is 1. The van der Waals surface area contributed by atoms with Crippen LogP contribution in [-0.2, 0) is 4.74 Å². The number of carboxylic acid groups (broad SMARTS) is 1. The number of hydrogen-bond donors (Lipinski definition) is 0. The average molecular weight is 261 g/mol. The summed E-state index contributed by atoms with van der Waals surface area (Å²) in [5.41, 5.74) is -1.85. The summed E-state index contributed by atoms with van der Waals surface area (Å²) in [6.07, 6.45) is 0. The van der Waals surface area contributed by atoms with E-state index >= 15 is 0 Å². The summed E-state index contributed by atoms with van der Waals surface area (Å²) in [5.74, 6) is -2.73. The van der Waals surface area contributed by atoms with Crippen LogP contribution >= 0.6 is 0 Å². The van der Waals surface area contributed by atoms with E-state index in [4.69, 9.17) is 0 Å². The predicted molar refractivity (Wildman–Crippen MR) is 53.4 cm³/mol. The molecule has 0 fully saturated rings. The zero-order valence-corrected chi connectivity index (χ0v) is 11.8. The third-order valence-electron chi connectivity index (χ3n) is 1.94. The van der Waals surface area contributed by atoms with Crippen molar-refractivity contribution >= 4 is 17.6 Å². The van der Waals surface area contributed by atoms with Crippen LogP contribution in [0.25, 0.3) is 0 Å². The van der Waals surface area contributed by atoms with E-state index < -0.39 is 28.1 Å². The number of esters is 1. The normalized spacial score (nSPS) is 9.17. The van der Waals surface area contributed by atoms with Crippen LogP contribution in [0.15, 0.2) is 18.2 Å². The van der Waals surface area contributed by atoms with Gasteiger partial charge in [-0.25, -0.2) is 4.79 Å². The van der Waals surface area contributed by atoms with Crippen molar-refractivity contribution < 1.29 is 53.9 Å². The van der Waals surface area contributed by atoms with Gasteiger partial charge in [-0.05, 0) is 13.0 Å². The average Bonchev–Trinajstić information content (AvgIpc) is 2.28. The van der Waals surface area contributed by atoms with Crippen LogP contribution in [0.1, 0.15) is 27.6 Å². The fourth-order valence-corrected chi connectivity index (χ4v) is 1.29. The van der Waals surface area contributed by atoms with E-state index in [1.807, 2.05) is 0 Å². The molecule has 0 aliphatic heterocycles. The van der Waals surface area contributed by atoms with Gasteiger partial charge >= 0.3 is 35.5 Å². The number of carboxylic acids is 1. The molecule has 0 spiro atoms. The van der Waals surface area contributed by atoms with Gasteiger partial charge in [-0.3, -0.25) is 10.1 Å². The minimum Gasteiger partial charge on any atom is -0.545 e. The maximum absolute atomic E-state index is 11.4. The molecule has 0 atom stereocenters. The number of carbonyl (C=O) groups excluding carboxylic acids is 2. The quantitative estimate of drug-likeness (QED) is 0.249. The van der Waals surface area contributed by atoms with Gasteiger partial charge in [-0.1, -0.05) is 6.07 Å². The zero-order valence-electron chi connectivity index (χ0n) is 9.84. The van der Waals surface area contributed by atoms with Gasteiger partial charge < -0.3 is 14.6 Å². The van der Waals surface area contributed by atoms with Gasteiger partial charge in [-0.2, -0.15) is 0 Å². The van der Waals surface area contributed by atoms with Crippen LogP contribution in [0, 0.1) is 10.1 Å². The number of nitrogens with zero attached hydrogens (tertiary/aromatic N) is 1. The number of carbonyl (C=O) groups is 2. The fourth-order valence-electron chi connectivity index (χ4n) is 1.29. The van der Waals surface area contributed by atoms with Crippen molar-refractivity contribution in [3.05, 3.63) is 39.4 Å². The Morgan fingerprint density at radius 1 is 1.39 bits per heavy atom. The molecule has 0 saturated heterocycles. The van der Waals surface area contributed by atoms with Gasteiger partial charge in [0.2, 0.25) is 0 Å². The number of hydrogen-bond acceptors (Lipinski definition) is 6. The van der Waals surface area contributed by atoms with Crippen LogP contribution in [0.2, 0.25) is 0 Å². The standard InChI is InChI=1S/C10H9NO6.Na/c1-2-17-10(14)6-4-3-5-7(11(15)16)8(6)9(12)13;/h3-5H,2H2,1H3,(H,12,13);/q;+1/p-1. The second kappa shape index (κ2) is 7.10. The van der Waals surface area contributed by atoms with Gasteiger partial charge in [0.05, 0.1) is 28.6 Å². The van der Waals surface area contributed by atoms with Crippen LogP contribution in [0.3, 0.4) is 0 Å². The van der Waals surface area contributed by atoms with Crippen LogP contribution < -0.4 is 34.7 Å². The first-order valence-electron chi connectivity index (χ1n) is 4.65. The minimum atomic E-state index is -1.79. The largest absolute Gasteiger partial charge is 1.00 e. The van der Waals surface area contributed by atoms with Crippen molar-refractivity contribution in [2.24, 2.45) is 0 Å². The van der Waals surface area contributed by atoms with Crippen molar-refractivity contribution in [3.8, 4) is 0 Å². The van der Waals surface area contributed by atoms with Crippen molar-refractivity contribution in [2.75, 3.05) is 6.61 Å². The molecule has 1 aromatic rings.